The number of alkyl halides is 1. The summed E-state index contributed by atoms with van der Waals surface area (Å²) < 4.78 is 4.89. The molecule has 0 aliphatic rings. The Hall–Kier alpha value is -1.06. The quantitative estimate of drug-likeness (QED) is 0.472. The van der Waals surface area contributed by atoms with Gasteiger partial charge in [-0.1, -0.05) is 41.9 Å². The van der Waals surface area contributed by atoms with Gasteiger partial charge < -0.3 is 9.84 Å². The molecular formula is C12H15ClO3. The van der Waals surface area contributed by atoms with Gasteiger partial charge >= 0.3 is 5.97 Å². The number of aliphatic hydroxyl groups is 1. The number of aliphatic hydroxyl groups excluding tert-OH is 1. The van der Waals surface area contributed by atoms with Crippen LogP contribution in [0.4, 0.5) is 0 Å². The van der Waals surface area contributed by atoms with Crippen molar-refractivity contribution in [2.24, 2.45) is 0 Å². The van der Waals surface area contributed by atoms with Crippen molar-refractivity contribution < 1.29 is 14.6 Å². The number of carbonyl (C=O) groups excluding carboxylic acids is 1. The third-order valence-corrected chi connectivity index (χ3v) is 2.21. The maximum absolute atomic E-state index is 11.0. The van der Waals surface area contributed by atoms with Crippen LogP contribution in [0.2, 0.25) is 0 Å². The van der Waals surface area contributed by atoms with Crippen LogP contribution in [0.25, 0.3) is 0 Å². The molecule has 0 aliphatic heterocycles. The zero-order valence-corrected chi connectivity index (χ0v) is 9.69. The maximum Gasteiger partial charge on any atom is 0.309 e. The molecular weight excluding hydrogens is 228 g/mol. The van der Waals surface area contributed by atoms with Crippen LogP contribution >= 0.6 is 11.6 Å². The van der Waals surface area contributed by atoms with Gasteiger partial charge in [0, 0.05) is 0 Å². The fourth-order valence-electron chi connectivity index (χ4n) is 1.30. The molecule has 4 heteroatoms. The van der Waals surface area contributed by atoms with E-state index in [2.05, 4.69) is 0 Å². The minimum Gasteiger partial charge on any atom is -0.466 e. The Morgan fingerprint density at radius 1 is 1.38 bits per heavy atom. The van der Waals surface area contributed by atoms with E-state index in [1.807, 2.05) is 30.3 Å². The van der Waals surface area contributed by atoms with Gasteiger partial charge in [0.05, 0.1) is 13.0 Å². The highest BCUT2D eigenvalue weighted by Crippen LogP contribution is 2.03. The van der Waals surface area contributed by atoms with Crippen molar-refractivity contribution in [3.05, 3.63) is 35.9 Å². The average molecular weight is 243 g/mol. The van der Waals surface area contributed by atoms with Gasteiger partial charge in [0.25, 0.3) is 0 Å². The first-order valence-electron chi connectivity index (χ1n) is 5.20. The van der Waals surface area contributed by atoms with Crippen LogP contribution in [0.5, 0.6) is 0 Å². The molecule has 0 fully saturated rings. The van der Waals surface area contributed by atoms with E-state index >= 15 is 0 Å². The molecule has 0 radical (unpaired) electrons. The number of esters is 1. The van der Waals surface area contributed by atoms with Crippen LogP contribution in [0.1, 0.15) is 18.4 Å². The van der Waals surface area contributed by atoms with Crippen LogP contribution in [-0.2, 0) is 16.0 Å². The summed E-state index contributed by atoms with van der Waals surface area (Å²) in [5.41, 5.74) is 0.0672. The Morgan fingerprint density at radius 3 is 2.69 bits per heavy atom. The Balaban J connectivity index is 2.10. The molecule has 0 amide bonds. The smallest absolute Gasteiger partial charge is 0.309 e. The first-order valence-corrected chi connectivity index (χ1v) is 5.64. The molecule has 0 spiro atoms. The van der Waals surface area contributed by atoms with E-state index in [0.717, 1.165) is 12.8 Å². The van der Waals surface area contributed by atoms with Gasteiger partial charge in [0.15, 0.2) is 0 Å². The zero-order chi connectivity index (χ0) is 11.8. The summed E-state index contributed by atoms with van der Waals surface area (Å²) in [7, 11) is 0. The third kappa shape index (κ3) is 5.73. The van der Waals surface area contributed by atoms with Gasteiger partial charge in [-0.05, 0) is 18.4 Å². The highest BCUT2D eigenvalue weighted by Gasteiger charge is 2.08. The monoisotopic (exact) mass is 242 g/mol. The molecule has 1 atom stereocenters. The molecule has 3 nitrogen and oxygen atoms in total. The number of aryl methyl sites for hydroxylation is 1. The molecule has 0 aliphatic carbocycles. The van der Waals surface area contributed by atoms with Crippen LogP contribution in [-0.4, -0.2) is 23.2 Å². The van der Waals surface area contributed by atoms with Crippen LogP contribution < -0.4 is 0 Å². The molecule has 0 saturated carbocycles. The molecule has 0 aromatic heterocycles. The average Bonchev–Trinajstić information content (AvgIpc) is 2.25. The summed E-state index contributed by atoms with van der Waals surface area (Å²) in [5, 5.41) is 8.72. The molecule has 1 rings (SSSR count). The Kier molecular flexibility index (Phi) is 5.90. The molecule has 1 unspecified atom stereocenters. The van der Waals surface area contributed by atoms with Crippen LogP contribution in [0.3, 0.4) is 0 Å². The highest BCUT2D eigenvalue weighted by atomic mass is 35.5. The first-order chi connectivity index (χ1) is 7.68. The van der Waals surface area contributed by atoms with Gasteiger partial charge in [0.2, 0.25) is 0 Å². The fraction of sp³-hybridized carbons (Fsp3) is 0.417. The van der Waals surface area contributed by atoms with Gasteiger partial charge in [-0.2, -0.15) is 0 Å². The lowest BCUT2D eigenvalue weighted by Crippen LogP contribution is -2.11. The van der Waals surface area contributed by atoms with Gasteiger partial charge in [-0.3, -0.25) is 4.79 Å². The molecule has 1 N–H and O–H groups in total. The van der Waals surface area contributed by atoms with Crippen LogP contribution in [0.15, 0.2) is 30.3 Å². The number of benzene rings is 1. The van der Waals surface area contributed by atoms with Crippen molar-refractivity contribution >= 4 is 17.6 Å². The normalized spacial score (nSPS) is 12.1. The van der Waals surface area contributed by atoms with E-state index < -0.39 is 11.5 Å². The Labute approximate surface area is 100.0 Å². The van der Waals surface area contributed by atoms with Crippen molar-refractivity contribution in [2.75, 3.05) is 6.61 Å². The second-order valence-electron chi connectivity index (χ2n) is 3.45. The van der Waals surface area contributed by atoms with E-state index in [0.29, 0.717) is 6.61 Å². The lowest BCUT2D eigenvalue weighted by molar-refractivity contribution is -0.144. The Bertz CT molecular complexity index is 311. The van der Waals surface area contributed by atoms with Crippen molar-refractivity contribution in [2.45, 2.75) is 24.8 Å². The summed E-state index contributed by atoms with van der Waals surface area (Å²) >= 11 is 5.24. The van der Waals surface area contributed by atoms with Crippen molar-refractivity contribution in [1.29, 1.82) is 0 Å². The van der Waals surface area contributed by atoms with E-state index in [1.165, 1.54) is 5.56 Å². The first kappa shape index (κ1) is 13.0. The second-order valence-corrected chi connectivity index (χ2v) is 3.95. The lowest BCUT2D eigenvalue weighted by atomic mass is 10.1. The van der Waals surface area contributed by atoms with Crippen molar-refractivity contribution in [3.63, 3.8) is 0 Å². The summed E-state index contributed by atoms with van der Waals surface area (Å²) in [4.78, 5) is 11.0. The second kappa shape index (κ2) is 7.25. The topological polar surface area (TPSA) is 46.5 Å². The van der Waals surface area contributed by atoms with E-state index in [1.54, 1.807) is 0 Å². The molecule has 0 saturated heterocycles. The number of halogens is 1. The fourth-order valence-corrected chi connectivity index (χ4v) is 1.43. The van der Waals surface area contributed by atoms with Gasteiger partial charge in [-0.15, -0.1) is 0 Å². The standard InChI is InChI=1S/C12H15ClO3/c13-11(14)9-12(15)16-8-4-7-10-5-2-1-3-6-10/h1-3,5-6,11,14H,4,7-9H2. The minimum absolute atomic E-state index is 0.160. The van der Waals surface area contributed by atoms with E-state index in [-0.39, 0.29) is 6.42 Å². The van der Waals surface area contributed by atoms with E-state index in [4.69, 9.17) is 21.4 Å². The van der Waals surface area contributed by atoms with Crippen LogP contribution in [0, 0.1) is 0 Å². The summed E-state index contributed by atoms with van der Waals surface area (Å²) in [6, 6.07) is 9.98. The largest absolute Gasteiger partial charge is 0.466 e. The number of hydrogen-bond acceptors (Lipinski definition) is 3. The predicted octanol–water partition coefficient (Wildman–Crippen LogP) is 2.11. The number of ether oxygens (including phenoxy) is 1. The molecule has 0 heterocycles. The van der Waals surface area contributed by atoms with Crippen molar-refractivity contribution in [1.82, 2.24) is 0 Å². The number of rotatable bonds is 6. The number of hydrogen-bond donors (Lipinski definition) is 1. The SMILES string of the molecule is O=C(CC(O)Cl)OCCCc1ccccc1. The molecule has 1 aromatic carbocycles. The summed E-state index contributed by atoms with van der Waals surface area (Å²) in [6.07, 6.45) is 1.48. The molecule has 1 aromatic rings. The molecule has 0 bridgehead atoms. The zero-order valence-electron chi connectivity index (χ0n) is 8.93. The summed E-state index contributed by atoms with van der Waals surface area (Å²) in [5.74, 6) is -0.462. The highest BCUT2D eigenvalue weighted by molar-refractivity contribution is 6.20. The van der Waals surface area contributed by atoms with E-state index in [9.17, 15) is 4.79 Å². The maximum atomic E-state index is 11.0. The van der Waals surface area contributed by atoms with Crippen molar-refractivity contribution in [3.8, 4) is 0 Å². The molecule has 16 heavy (non-hydrogen) atoms. The predicted molar refractivity (Wildman–Crippen MR) is 62.2 cm³/mol. The summed E-state index contributed by atoms with van der Waals surface area (Å²) in [6.45, 7) is 0.358. The third-order valence-electron chi connectivity index (χ3n) is 2.05. The molecule has 88 valence electrons. The Morgan fingerprint density at radius 2 is 2.06 bits per heavy atom. The van der Waals surface area contributed by atoms with Gasteiger partial charge in [0.1, 0.15) is 5.56 Å². The van der Waals surface area contributed by atoms with Gasteiger partial charge in [-0.25, -0.2) is 0 Å². The lowest BCUT2D eigenvalue weighted by Gasteiger charge is -2.05. The minimum atomic E-state index is -1.15. The number of carbonyl (C=O) groups is 1.